The zero-order valence-electron chi connectivity index (χ0n) is 26.6. The van der Waals surface area contributed by atoms with Crippen molar-refractivity contribution in [2.45, 2.75) is 94.7 Å². The number of hydrogen-bond acceptors (Lipinski definition) is 2. The largest absolute Gasteiger partial charge is 0.369 e. The third-order valence-corrected chi connectivity index (χ3v) is 12.3. The summed E-state index contributed by atoms with van der Waals surface area (Å²) in [5.41, 5.74) is 10.5. The van der Waals surface area contributed by atoms with E-state index in [0.29, 0.717) is 23.7 Å². The normalized spacial score (nSPS) is 36.4. The number of benzene rings is 1. The smallest absolute Gasteiger partial charge is 0.0835 e. The van der Waals surface area contributed by atoms with Crippen molar-refractivity contribution in [2.24, 2.45) is 23.7 Å². The van der Waals surface area contributed by atoms with Crippen molar-refractivity contribution < 1.29 is 4.74 Å². The van der Waals surface area contributed by atoms with E-state index in [2.05, 4.69) is 108 Å². The van der Waals surface area contributed by atoms with E-state index in [0.717, 1.165) is 32.1 Å². The van der Waals surface area contributed by atoms with Gasteiger partial charge in [-0.15, -0.1) is 0 Å². The number of allylic oxidation sites excluding steroid dienone is 13. The van der Waals surface area contributed by atoms with Crippen LogP contribution in [0.1, 0.15) is 82.6 Å². The quantitative estimate of drug-likeness (QED) is 0.315. The van der Waals surface area contributed by atoms with Crippen LogP contribution in [0.15, 0.2) is 137 Å². The van der Waals surface area contributed by atoms with E-state index >= 15 is 0 Å². The first-order chi connectivity index (χ1) is 22.3. The van der Waals surface area contributed by atoms with Crippen LogP contribution in [0, 0.1) is 23.7 Å². The minimum Gasteiger partial charge on any atom is -0.369 e. The highest BCUT2D eigenvalue weighted by Gasteiger charge is 2.61. The summed E-state index contributed by atoms with van der Waals surface area (Å²) < 4.78 is 7.06. The number of fused-ring (bicyclic) bond motifs is 6. The highest BCUT2D eigenvalue weighted by atomic mass is 16.5. The fourth-order valence-electron chi connectivity index (χ4n) is 10.6. The van der Waals surface area contributed by atoms with E-state index in [1.54, 1.807) is 11.1 Å². The van der Waals surface area contributed by atoms with Gasteiger partial charge in [-0.1, -0.05) is 96.7 Å². The van der Waals surface area contributed by atoms with Gasteiger partial charge < -0.3 is 9.64 Å². The second kappa shape index (κ2) is 11.5. The summed E-state index contributed by atoms with van der Waals surface area (Å²) in [5, 5.41) is 0. The van der Waals surface area contributed by atoms with Gasteiger partial charge in [-0.2, -0.15) is 0 Å². The highest BCUT2D eigenvalue weighted by molar-refractivity contribution is 5.59. The monoisotopic (exact) mass is 593 g/mol. The second-order valence-electron chi connectivity index (χ2n) is 14.5. The van der Waals surface area contributed by atoms with E-state index < -0.39 is 0 Å². The Hall–Kier alpha value is -3.36. The predicted octanol–water partition coefficient (Wildman–Crippen LogP) is 10.3. The van der Waals surface area contributed by atoms with Crippen LogP contribution in [0.5, 0.6) is 0 Å². The maximum atomic E-state index is 7.06. The lowest BCUT2D eigenvalue weighted by Crippen LogP contribution is -2.42. The Kier molecular flexibility index (Phi) is 7.11. The molecule has 2 heteroatoms. The number of rotatable bonds is 5. The highest BCUT2D eigenvalue weighted by Crippen LogP contribution is 2.66. The Morgan fingerprint density at radius 3 is 2.60 bits per heavy atom. The Balaban J connectivity index is 1.20. The molecule has 45 heavy (non-hydrogen) atoms. The van der Waals surface area contributed by atoms with Crippen molar-refractivity contribution in [2.75, 3.05) is 0 Å². The van der Waals surface area contributed by atoms with Crippen LogP contribution in [-0.4, -0.2) is 17.1 Å². The van der Waals surface area contributed by atoms with Gasteiger partial charge in [0.2, 0.25) is 0 Å². The SMILES string of the molecule is C1=CCC2C(=C1)C(C1=CCCC3OC4CC=C(N(C5=CCCC=C5)C5=CCCCC5)C=C4C13)(c1ccccc1)C1C=CCCC21. The molecule has 1 saturated heterocycles. The Labute approximate surface area is 270 Å². The average molecular weight is 594 g/mol. The van der Waals surface area contributed by atoms with Crippen molar-refractivity contribution in [1.29, 1.82) is 0 Å². The van der Waals surface area contributed by atoms with Crippen LogP contribution < -0.4 is 0 Å². The number of ether oxygens (including phenoxy) is 1. The fourth-order valence-corrected chi connectivity index (χ4v) is 10.6. The van der Waals surface area contributed by atoms with Crippen LogP contribution in [-0.2, 0) is 10.2 Å². The van der Waals surface area contributed by atoms with Gasteiger partial charge in [-0.05, 0) is 124 Å². The molecule has 0 spiro atoms. The van der Waals surface area contributed by atoms with Crippen molar-refractivity contribution in [3.8, 4) is 0 Å². The Morgan fingerprint density at radius 1 is 0.778 bits per heavy atom. The van der Waals surface area contributed by atoms with Gasteiger partial charge in [-0.25, -0.2) is 0 Å². The third kappa shape index (κ3) is 4.38. The number of hydrogen-bond donors (Lipinski definition) is 0. The lowest BCUT2D eigenvalue weighted by atomic mass is 9.57. The van der Waals surface area contributed by atoms with Gasteiger partial charge in [0.05, 0.1) is 12.2 Å². The van der Waals surface area contributed by atoms with Crippen LogP contribution in [0.4, 0.5) is 0 Å². The van der Waals surface area contributed by atoms with E-state index in [9.17, 15) is 0 Å². The summed E-state index contributed by atoms with van der Waals surface area (Å²) in [6.45, 7) is 0. The molecule has 2 fully saturated rings. The molecule has 7 atom stereocenters. The van der Waals surface area contributed by atoms with Crippen molar-refractivity contribution in [3.63, 3.8) is 0 Å². The van der Waals surface area contributed by atoms with E-state index in [1.165, 1.54) is 73.2 Å². The molecule has 9 rings (SSSR count). The van der Waals surface area contributed by atoms with Crippen LogP contribution >= 0.6 is 0 Å². The molecule has 7 unspecified atom stereocenters. The first kappa shape index (κ1) is 27.9. The lowest BCUT2D eigenvalue weighted by Gasteiger charge is -2.46. The summed E-state index contributed by atoms with van der Waals surface area (Å²) in [7, 11) is 0. The zero-order valence-corrected chi connectivity index (χ0v) is 26.6. The summed E-state index contributed by atoms with van der Waals surface area (Å²) in [6, 6.07) is 11.6. The molecule has 7 aliphatic carbocycles. The molecule has 8 aliphatic rings. The minimum atomic E-state index is -0.109. The molecule has 0 N–H and O–H groups in total. The Bertz CT molecular complexity index is 1620. The summed E-state index contributed by atoms with van der Waals surface area (Å²) in [4.78, 5) is 2.62. The van der Waals surface area contributed by atoms with Gasteiger partial charge in [0.15, 0.2) is 0 Å². The molecule has 1 aliphatic heterocycles. The van der Waals surface area contributed by atoms with Gasteiger partial charge in [0, 0.05) is 28.4 Å². The molecule has 0 amide bonds. The number of nitrogens with zero attached hydrogens (tertiary/aromatic N) is 1. The first-order valence-corrected chi connectivity index (χ1v) is 18.1. The predicted molar refractivity (Wildman–Crippen MR) is 184 cm³/mol. The molecule has 1 aromatic rings. The van der Waals surface area contributed by atoms with Crippen molar-refractivity contribution >= 4 is 0 Å². The standard InChI is InChI=1S/C43H47NO/c1-4-15-30(16-5-1)43(37-23-12-10-21-34(37)35-22-11-13-24-38(35)43)39-25-14-26-41-42(39)36-29-33(27-28-40(36)45-41)44(31-17-6-2-7-18-31)32-19-8-3-9-20-32/h1,4-6,10,12-13,15-19,23-25,27,29,34-35,38,40-42H,2-3,7-9,11,14,20-22,26,28H2. The van der Waals surface area contributed by atoms with Gasteiger partial charge >= 0.3 is 0 Å². The van der Waals surface area contributed by atoms with Crippen LogP contribution in [0.3, 0.4) is 0 Å². The van der Waals surface area contributed by atoms with Gasteiger partial charge in [0.1, 0.15) is 0 Å². The van der Waals surface area contributed by atoms with Gasteiger partial charge in [-0.3, -0.25) is 0 Å². The molecular weight excluding hydrogens is 546 g/mol. The second-order valence-corrected chi connectivity index (χ2v) is 14.5. The van der Waals surface area contributed by atoms with E-state index in [4.69, 9.17) is 4.74 Å². The molecule has 1 saturated carbocycles. The first-order valence-electron chi connectivity index (χ1n) is 18.1. The maximum Gasteiger partial charge on any atom is 0.0835 e. The zero-order chi connectivity index (χ0) is 29.8. The summed E-state index contributed by atoms with van der Waals surface area (Å²) >= 11 is 0. The minimum absolute atomic E-state index is 0.109. The molecule has 230 valence electrons. The molecule has 0 radical (unpaired) electrons. The molecule has 0 aromatic heterocycles. The fraction of sp³-hybridized carbons (Fsp3) is 0.442. The van der Waals surface area contributed by atoms with Crippen LogP contribution in [0.25, 0.3) is 0 Å². The average Bonchev–Trinajstić information content (AvgIpc) is 3.64. The molecule has 0 bridgehead atoms. The summed E-state index contributed by atoms with van der Waals surface area (Å²) in [6.07, 6.45) is 44.5. The maximum absolute atomic E-state index is 7.06. The van der Waals surface area contributed by atoms with E-state index in [1.807, 2.05) is 0 Å². The van der Waals surface area contributed by atoms with Gasteiger partial charge in [0.25, 0.3) is 0 Å². The van der Waals surface area contributed by atoms with Crippen molar-refractivity contribution in [3.05, 3.63) is 143 Å². The molecular formula is C43H47NO. The topological polar surface area (TPSA) is 12.5 Å². The lowest BCUT2D eigenvalue weighted by molar-refractivity contribution is 0.0341. The Morgan fingerprint density at radius 2 is 1.73 bits per heavy atom. The summed E-state index contributed by atoms with van der Waals surface area (Å²) in [5.74, 6) is 2.14. The van der Waals surface area contributed by atoms with Crippen molar-refractivity contribution in [1.82, 2.24) is 4.90 Å². The van der Waals surface area contributed by atoms with E-state index in [-0.39, 0.29) is 17.6 Å². The third-order valence-electron chi connectivity index (χ3n) is 12.3. The molecule has 1 heterocycles. The molecule has 1 aromatic carbocycles. The van der Waals surface area contributed by atoms with Crippen LogP contribution in [0.2, 0.25) is 0 Å². The molecule has 2 nitrogen and oxygen atoms in total.